The van der Waals surface area contributed by atoms with Crippen LogP contribution in [-0.4, -0.2) is 48.1 Å². The van der Waals surface area contributed by atoms with Gasteiger partial charge in [0.15, 0.2) is 0 Å². The topological polar surface area (TPSA) is 53.1 Å². The number of nitrogens with one attached hydrogen (secondary N) is 2. The van der Waals surface area contributed by atoms with Crippen molar-refractivity contribution in [1.29, 1.82) is 0 Å². The molecule has 1 aromatic heterocycles. The summed E-state index contributed by atoms with van der Waals surface area (Å²) in [4.78, 5) is 10.8. The molecule has 5 nitrogen and oxygen atoms in total. The maximum atomic E-state index is 4.27. The Morgan fingerprint density at radius 3 is 2.89 bits per heavy atom. The minimum Gasteiger partial charge on any atom is -0.372 e. The lowest BCUT2D eigenvalue weighted by Gasteiger charge is -2.32. The lowest BCUT2D eigenvalue weighted by Crippen LogP contribution is -2.40. The molecule has 0 spiro atoms. The van der Waals surface area contributed by atoms with Gasteiger partial charge >= 0.3 is 0 Å². The number of likely N-dealkylation sites (N-methyl/N-ethyl adjacent to an activating group) is 1. The van der Waals surface area contributed by atoms with Crippen LogP contribution in [0, 0.1) is 0 Å². The highest BCUT2D eigenvalue weighted by Crippen LogP contribution is 2.26. The Bertz CT molecular complexity index is 398. The van der Waals surface area contributed by atoms with E-state index in [-0.39, 0.29) is 0 Å². The third-order valence-electron chi connectivity index (χ3n) is 3.45. The Balaban J connectivity index is 1.97. The van der Waals surface area contributed by atoms with Crippen LogP contribution in [0.15, 0.2) is 10.8 Å². The van der Waals surface area contributed by atoms with Crippen molar-refractivity contribution in [2.24, 2.45) is 0 Å². The quantitative estimate of drug-likeness (QED) is 0.892. The van der Waals surface area contributed by atoms with E-state index in [0.717, 1.165) is 22.7 Å². The summed E-state index contributed by atoms with van der Waals surface area (Å²) in [6.45, 7) is 2.12. The minimum atomic E-state index is 0.596. The van der Waals surface area contributed by atoms with Crippen LogP contribution < -0.4 is 10.6 Å². The zero-order valence-corrected chi connectivity index (χ0v) is 12.5. The largest absolute Gasteiger partial charge is 0.372 e. The second kappa shape index (κ2) is 6.33. The zero-order chi connectivity index (χ0) is 13.0. The number of hydrogen-bond acceptors (Lipinski definition) is 5. The van der Waals surface area contributed by atoms with E-state index in [1.807, 2.05) is 7.05 Å². The van der Waals surface area contributed by atoms with Gasteiger partial charge < -0.3 is 15.5 Å². The van der Waals surface area contributed by atoms with Crippen molar-refractivity contribution in [3.8, 4) is 0 Å². The van der Waals surface area contributed by atoms with E-state index in [4.69, 9.17) is 0 Å². The molecular weight excluding hydrogens is 294 g/mol. The van der Waals surface area contributed by atoms with Crippen LogP contribution in [0.3, 0.4) is 0 Å². The summed E-state index contributed by atoms with van der Waals surface area (Å²) in [5, 5.41) is 6.44. The maximum absolute atomic E-state index is 4.27. The van der Waals surface area contributed by atoms with Gasteiger partial charge in [0.25, 0.3) is 0 Å². The van der Waals surface area contributed by atoms with E-state index < -0.39 is 0 Å². The summed E-state index contributed by atoms with van der Waals surface area (Å²) in [5.41, 5.74) is 0. The molecule has 1 saturated heterocycles. The summed E-state index contributed by atoms with van der Waals surface area (Å²) in [7, 11) is 4.05. The summed E-state index contributed by atoms with van der Waals surface area (Å²) >= 11 is 3.52. The molecule has 18 heavy (non-hydrogen) atoms. The van der Waals surface area contributed by atoms with Gasteiger partial charge in [0.1, 0.15) is 22.4 Å². The molecule has 1 aromatic rings. The number of rotatable bonds is 4. The fraction of sp³-hybridized carbons (Fsp3) is 0.667. The average Bonchev–Trinajstić information content (AvgIpc) is 2.39. The normalized spacial score (nSPS) is 20.7. The third kappa shape index (κ3) is 3.11. The molecule has 1 fully saturated rings. The van der Waals surface area contributed by atoms with E-state index in [2.05, 4.69) is 48.5 Å². The summed E-state index contributed by atoms with van der Waals surface area (Å²) in [5.74, 6) is 1.66. The van der Waals surface area contributed by atoms with Crippen LogP contribution in [0.2, 0.25) is 0 Å². The van der Waals surface area contributed by atoms with E-state index in [0.29, 0.717) is 6.04 Å². The van der Waals surface area contributed by atoms with Crippen molar-refractivity contribution in [2.75, 3.05) is 37.8 Å². The predicted molar refractivity (Wildman–Crippen MR) is 78.0 cm³/mol. The number of halogens is 1. The van der Waals surface area contributed by atoms with Gasteiger partial charge in [-0.3, -0.25) is 0 Å². The van der Waals surface area contributed by atoms with Crippen LogP contribution in [0.25, 0.3) is 0 Å². The Labute approximate surface area is 117 Å². The molecule has 1 aliphatic rings. The van der Waals surface area contributed by atoms with Gasteiger partial charge in [-0.05, 0) is 42.4 Å². The molecule has 1 unspecified atom stereocenters. The lowest BCUT2D eigenvalue weighted by molar-refractivity contribution is 0.194. The molecule has 2 rings (SSSR count). The second-order valence-electron chi connectivity index (χ2n) is 4.65. The molecule has 1 aliphatic heterocycles. The van der Waals surface area contributed by atoms with Crippen molar-refractivity contribution >= 4 is 27.6 Å². The fourth-order valence-electron chi connectivity index (χ4n) is 2.28. The van der Waals surface area contributed by atoms with Crippen molar-refractivity contribution < 1.29 is 0 Å². The first-order chi connectivity index (χ1) is 8.72. The number of aromatic nitrogens is 2. The van der Waals surface area contributed by atoms with Crippen molar-refractivity contribution in [1.82, 2.24) is 14.9 Å². The third-order valence-corrected chi connectivity index (χ3v) is 4.20. The lowest BCUT2D eigenvalue weighted by atomic mass is 10.0. The first kappa shape index (κ1) is 13.5. The highest BCUT2D eigenvalue weighted by molar-refractivity contribution is 9.10. The molecule has 2 N–H and O–H groups in total. The highest BCUT2D eigenvalue weighted by Gasteiger charge is 2.19. The maximum Gasteiger partial charge on any atom is 0.146 e. The number of nitrogens with zero attached hydrogens (tertiary/aromatic N) is 3. The molecule has 100 valence electrons. The summed E-state index contributed by atoms with van der Waals surface area (Å²) in [6.07, 6.45) is 5.46. The Morgan fingerprint density at radius 1 is 1.39 bits per heavy atom. The molecule has 6 heteroatoms. The summed E-state index contributed by atoms with van der Waals surface area (Å²) in [6, 6.07) is 0.596. The van der Waals surface area contributed by atoms with Crippen molar-refractivity contribution in [3.05, 3.63) is 10.8 Å². The van der Waals surface area contributed by atoms with E-state index in [1.165, 1.54) is 25.8 Å². The van der Waals surface area contributed by atoms with Crippen LogP contribution in [0.5, 0.6) is 0 Å². The SMILES string of the molecule is CNc1ncnc(NCC2CCCCN2C)c1Br. The first-order valence-corrected chi connectivity index (χ1v) is 7.14. The van der Waals surface area contributed by atoms with Gasteiger partial charge in [-0.2, -0.15) is 0 Å². The van der Waals surface area contributed by atoms with Crippen molar-refractivity contribution in [2.45, 2.75) is 25.3 Å². The van der Waals surface area contributed by atoms with Crippen LogP contribution in [-0.2, 0) is 0 Å². The van der Waals surface area contributed by atoms with Crippen LogP contribution >= 0.6 is 15.9 Å². The molecule has 0 bridgehead atoms. The first-order valence-electron chi connectivity index (χ1n) is 6.34. The minimum absolute atomic E-state index is 0.596. The molecule has 0 aromatic carbocycles. The number of anilines is 2. The molecule has 0 radical (unpaired) electrons. The average molecular weight is 314 g/mol. The van der Waals surface area contributed by atoms with E-state index in [9.17, 15) is 0 Å². The second-order valence-corrected chi connectivity index (χ2v) is 5.44. The van der Waals surface area contributed by atoms with Crippen LogP contribution in [0.4, 0.5) is 11.6 Å². The molecule has 1 atom stereocenters. The van der Waals surface area contributed by atoms with Crippen LogP contribution in [0.1, 0.15) is 19.3 Å². The standard InChI is InChI=1S/C12H20BrN5/c1-14-11-10(13)12(17-8-16-11)15-7-9-5-3-4-6-18(9)2/h8-9H,3-7H2,1-2H3,(H2,14,15,16,17). The van der Waals surface area contributed by atoms with E-state index >= 15 is 0 Å². The number of hydrogen-bond donors (Lipinski definition) is 2. The Hall–Kier alpha value is -0.880. The van der Waals surface area contributed by atoms with Gasteiger partial charge in [-0.15, -0.1) is 0 Å². The molecule has 0 amide bonds. The Morgan fingerprint density at radius 2 is 2.17 bits per heavy atom. The number of piperidine rings is 1. The highest BCUT2D eigenvalue weighted by atomic mass is 79.9. The van der Waals surface area contributed by atoms with Gasteiger partial charge in [0.2, 0.25) is 0 Å². The molecular formula is C12H20BrN5. The van der Waals surface area contributed by atoms with Gasteiger partial charge in [0.05, 0.1) is 0 Å². The molecule has 0 aliphatic carbocycles. The monoisotopic (exact) mass is 313 g/mol. The van der Waals surface area contributed by atoms with Gasteiger partial charge in [-0.25, -0.2) is 9.97 Å². The Kier molecular flexibility index (Phi) is 4.77. The summed E-state index contributed by atoms with van der Waals surface area (Å²) < 4.78 is 0.894. The van der Waals surface area contributed by atoms with Crippen molar-refractivity contribution in [3.63, 3.8) is 0 Å². The van der Waals surface area contributed by atoms with Gasteiger partial charge in [0, 0.05) is 19.6 Å². The van der Waals surface area contributed by atoms with E-state index in [1.54, 1.807) is 6.33 Å². The molecule has 2 heterocycles. The molecule has 0 saturated carbocycles. The smallest absolute Gasteiger partial charge is 0.146 e. The number of likely N-dealkylation sites (tertiary alicyclic amines) is 1. The predicted octanol–water partition coefficient (Wildman–Crippen LogP) is 2.18. The van der Waals surface area contributed by atoms with Gasteiger partial charge in [-0.1, -0.05) is 6.42 Å². The zero-order valence-electron chi connectivity index (χ0n) is 10.9. The fourth-order valence-corrected chi connectivity index (χ4v) is 2.83.